The second-order valence-electron chi connectivity index (χ2n) is 11.4. The molecule has 1 aliphatic carbocycles. The van der Waals surface area contributed by atoms with E-state index in [2.05, 4.69) is 0 Å². The number of methoxy groups -OCH3 is 1. The van der Waals surface area contributed by atoms with Gasteiger partial charge in [0, 0.05) is 21.9 Å². The Balaban J connectivity index is 2.00. The lowest BCUT2D eigenvalue weighted by atomic mass is 9.79. The molecule has 12 nitrogen and oxygen atoms in total. The molecular weight excluding hydrogens is 620 g/mol. The number of aliphatic hydroxyl groups excluding tert-OH is 3. The Kier molecular flexibility index (Phi) is 7.65. The van der Waals surface area contributed by atoms with Crippen molar-refractivity contribution in [1.82, 2.24) is 0 Å². The predicted molar refractivity (Wildman–Crippen MR) is 171 cm³/mol. The van der Waals surface area contributed by atoms with Crippen LogP contribution in [0.1, 0.15) is 47.6 Å². The number of ketones is 1. The van der Waals surface area contributed by atoms with E-state index in [0.29, 0.717) is 5.57 Å². The summed E-state index contributed by atoms with van der Waals surface area (Å²) in [7, 11) is -2.93. The van der Waals surface area contributed by atoms with E-state index in [1.54, 1.807) is 13.0 Å². The number of hydrogen-bond acceptors (Lipinski definition) is 12. The van der Waals surface area contributed by atoms with E-state index in [-0.39, 0.29) is 88.9 Å². The van der Waals surface area contributed by atoms with Gasteiger partial charge in [0.2, 0.25) is 0 Å². The van der Waals surface area contributed by atoms with E-state index in [1.807, 2.05) is 0 Å². The fourth-order valence-electron chi connectivity index (χ4n) is 7.19. The molecule has 240 valence electrons. The molecule has 6 rings (SSSR count). The van der Waals surface area contributed by atoms with Gasteiger partial charge in [-0.25, -0.2) is 0 Å². The number of hydrogen-bond donors (Lipinski definition) is 5. The van der Waals surface area contributed by atoms with Crippen LogP contribution >= 0.6 is 0 Å². The first-order valence-corrected chi connectivity index (χ1v) is 15.9. The van der Waals surface area contributed by atoms with Crippen molar-refractivity contribution in [3.63, 3.8) is 0 Å². The van der Waals surface area contributed by atoms with Gasteiger partial charge in [-0.2, -0.15) is 8.42 Å². The average Bonchev–Trinajstić information content (AvgIpc) is 3.13. The van der Waals surface area contributed by atoms with Crippen molar-refractivity contribution in [2.24, 2.45) is 0 Å². The number of rotatable bonds is 10. The van der Waals surface area contributed by atoms with Crippen LogP contribution in [0.3, 0.4) is 0 Å². The van der Waals surface area contributed by atoms with E-state index in [1.165, 1.54) is 14.0 Å². The van der Waals surface area contributed by atoms with Gasteiger partial charge >= 0.3 is 0 Å². The van der Waals surface area contributed by atoms with Crippen LogP contribution in [-0.2, 0) is 38.7 Å². The second kappa shape index (κ2) is 11.1. The Bertz CT molecular complexity index is 2380. The van der Waals surface area contributed by atoms with E-state index in [0.717, 1.165) is 12.1 Å². The first-order valence-electron chi connectivity index (χ1n) is 14.4. The Labute approximate surface area is 261 Å². The van der Waals surface area contributed by atoms with E-state index < -0.39 is 70.6 Å². The molecule has 5 N–H and O–H groups in total. The van der Waals surface area contributed by atoms with Gasteiger partial charge in [0.15, 0.2) is 22.4 Å². The SMILES string of the molecule is COc1c(O)c2c(=O)cc(CO)c3c4c(CO)cc(=O)c5c(O)c(CCS(=O)(=O)OCCO)c6c(c(c1C(C(C)=O)C(C)=C6)c23)c54. The summed E-state index contributed by atoms with van der Waals surface area (Å²) in [5.41, 5.74) is -0.197. The molecule has 1 aliphatic rings. The van der Waals surface area contributed by atoms with Gasteiger partial charge in [-0.3, -0.25) is 18.6 Å². The van der Waals surface area contributed by atoms with Crippen LogP contribution in [0.4, 0.5) is 0 Å². The van der Waals surface area contributed by atoms with Gasteiger partial charge in [-0.05, 0) is 70.6 Å². The molecule has 5 aromatic rings. The number of ether oxygens (including phenoxy) is 1. The van der Waals surface area contributed by atoms with Gasteiger partial charge < -0.3 is 30.3 Å². The van der Waals surface area contributed by atoms with Gasteiger partial charge in [0.05, 0.1) is 56.0 Å². The quantitative estimate of drug-likeness (QED) is 0.0839. The number of aromatic hydroxyl groups is 2. The van der Waals surface area contributed by atoms with Crippen LogP contribution in [0, 0.1) is 0 Å². The molecule has 1 atom stereocenters. The third-order valence-electron chi connectivity index (χ3n) is 8.85. The van der Waals surface area contributed by atoms with Crippen molar-refractivity contribution in [2.45, 2.75) is 39.4 Å². The molecule has 0 saturated carbocycles. The maximum absolute atomic E-state index is 13.7. The number of benzene rings is 5. The highest BCUT2D eigenvalue weighted by atomic mass is 32.2. The van der Waals surface area contributed by atoms with Crippen molar-refractivity contribution >= 4 is 65.1 Å². The normalized spacial score (nSPS) is 15.0. The highest BCUT2D eigenvalue weighted by Gasteiger charge is 2.37. The zero-order valence-electron chi connectivity index (χ0n) is 25.1. The Morgan fingerprint density at radius 1 is 0.848 bits per heavy atom. The number of fused-ring (bicyclic) bond motifs is 1. The van der Waals surface area contributed by atoms with Gasteiger partial charge in [-0.1, -0.05) is 11.6 Å². The highest BCUT2D eigenvalue weighted by Crippen LogP contribution is 2.56. The molecule has 1 unspecified atom stereocenters. The summed E-state index contributed by atoms with van der Waals surface area (Å²) in [6, 6.07) is 2.26. The zero-order chi connectivity index (χ0) is 33.4. The average molecular weight is 651 g/mol. The lowest BCUT2D eigenvalue weighted by Gasteiger charge is -2.25. The lowest BCUT2D eigenvalue weighted by molar-refractivity contribution is -0.117. The fourth-order valence-corrected chi connectivity index (χ4v) is 8.09. The van der Waals surface area contributed by atoms with Crippen LogP contribution in [0.5, 0.6) is 17.2 Å². The van der Waals surface area contributed by atoms with Crippen molar-refractivity contribution < 1.29 is 47.7 Å². The summed E-state index contributed by atoms with van der Waals surface area (Å²) in [5, 5.41) is 54.3. The largest absolute Gasteiger partial charge is 0.507 e. The number of phenols is 2. The van der Waals surface area contributed by atoms with Crippen molar-refractivity contribution in [2.75, 3.05) is 26.1 Å². The minimum absolute atomic E-state index is 0.0391. The fraction of sp³-hybridized carbons (Fsp3) is 0.303. The summed E-state index contributed by atoms with van der Waals surface area (Å²) >= 11 is 0. The summed E-state index contributed by atoms with van der Waals surface area (Å²) in [5.74, 6) is -3.27. The zero-order valence-corrected chi connectivity index (χ0v) is 25.9. The van der Waals surface area contributed by atoms with Gasteiger partial charge in [0.1, 0.15) is 11.5 Å². The summed E-state index contributed by atoms with van der Waals surface area (Å²) < 4.78 is 35.8. The first kappa shape index (κ1) is 31.6. The molecule has 13 heteroatoms. The van der Waals surface area contributed by atoms with Crippen LogP contribution in [0.25, 0.3) is 49.2 Å². The topological polar surface area (TPSA) is 205 Å². The number of allylic oxidation sites excluding steroid dienone is 1. The number of aliphatic hydroxyl groups is 3. The van der Waals surface area contributed by atoms with E-state index in [9.17, 15) is 43.2 Å². The maximum atomic E-state index is 13.7. The van der Waals surface area contributed by atoms with E-state index in [4.69, 9.17) is 14.0 Å². The maximum Gasteiger partial charge on any atom is 0.267 e. The van der Waals surface area contributed by atoms with Crippen molar-refractivity contribution in [1.29, 1.82) is 0 Å². The standard InChI is InChI=1S/C33H30O12S/c1-13-8-18-17(4-7-46(42,43)45-6-5-34)31(40)25-19(38)9-15(11-35)22-23-16(12-36)10-20(39)26-28(23)29(24(18)27(22)25)30(21(13)14(2)37)33(44-3)32(26)41/h8-10,21,34-36,40-41H,4-7,11-12H2,1-3H3. The van der Waals surface area contributed by atoms with Crippen LogP contribution in [0.2, 0.25) is 0 Å². The highest BCUT2D eigenvalue weighted by molar-refractivity contribution is 7.86. The summed E-state index contributed by atoms with van der Waals surface area (Å²) in [4.78, 5) is 40.7. The van der Waals surface area contributed by atoms with E-state index >= 15 is 0 Å². The third-order valence-corrected chi connectivity index (χ3v) is 10.1. The molecule has 0 aromatic heterocycles. The summed E-state index contributed by atoms with van der Waals surface area (Å²) in [6.07, 6.45) is 1.24. The molecule has 0 aliphatic heterocycles. The molecule has 0 saturated heterocycles. The molecule has 0 radical (unpaired) electrons. The third kappa shape index (κ3) is 4.34. The lowest BCUT2D eigenvalue weighted by Crippen LogP contribution is -2.16. The molecule has 0 spiro atoms. The van der Waals surface area contributed by atoms with Gasteiger partial charge in [-0.15, -0.1) is 0 Å². The minimum Gasteiger partial charge on any atom is -0.507 e. The summed E-state index contributed by atoms with van der Waals surface area (Å²) in [6.45, 7) is 0.683. The second-order valence-corrected chi connectivity index (χ2v) is 13.2. The Morgan fingerprint density at radius 2 is 1.41 bits per heavy atom. The van der Waals surface area contributed by atoms with Crippen molar-refractivity contribution in [3.8, 4) is 17.2 Å². The minimum atomic E-state index is -4.20. The van der Waals surface area contributed by atoms with Crippen LogP contribution in [0.15, 0.2) is 27.3 Å². The monoisotopic (exact) mass is 650 g/mol. The van der Waals surface area contributed by atoms with Crippen molar-refractivity contribution in [3.05, 3.63) is 66.0 Å². The molecule has 0 fully saturated rings. The van der Waals surface area contributed by atoms with Gasteiger partial charge in [0.25, 0.3) is 10.1 Å². The first-order chi connectivity index (χ1) is 21.8. The molecule has 46 heavy (non-hydrogen) atoms. The number of Topliss-reactive ketones (excluding diaryl/α,β-unsaturated/α-hetero) is 1. The predicted octanol–water partition coefficient (Wildman–Crippen LogP) is 2.27. The molecule has 0 heterocycles. The number of phenolic OH excluding ortho intramolecular Hbond substituents is 2. The molecular formula is C33H30O12S. The molecule has 0 bridgehead atoms. The smallest absolute Gasteiger partial charge is 0.267 e. The Hall–Kier alpha value is -4.40. The Morgan fingerprint density at radius 3 is 1.93 bits per heavy atom. The molecule has 0 amide bonds. The number of carbonyl (C=O) groups excluding carboxylic acids is 1. The van der Waals surface area contributed by atoms with Crippen LogP contribution < -0.4 is 15.6 Å². The molecule has 5 aromatic carbocycles. The number of carbonyl (C=O) groups is 1. The van der Waals surface area contributed by atoms with Crippen LogP contribution in [-0.4, -0.2) is 65.8 Å².